The molecule has 1 aromatic heterocycles. The summed E-state index contributed by atoms with van der Waals surface area (Å²) in [5.41, 5.74) is 3.19. The van der Waals surface area contributed by atoms with Crippen LogP contribution in [0.1, 0.15) is 34.5 Å². The summed E-state index contributed by atoms with van der Waals surface area (Å²) >= 11 is 0. The topological polar surface area (TPSA) is 50.4 Å². The molecule has 0 aliphatic heterocycles. The number of carbonyl (C=O) groups excluding carboxylic acids is 1. The summed E-state index contributed by atoms with van der Waals surface area (Å²) in [6.07, 6.45) is 4.81. The normalized spacial score (nSPS) is 14.2. The average molecular weight is 242 g/mol. The van der Waals surface area contributed by atoms with Crippen LogP contribution in [0.15, 0.2) is 28.7 Å². The molecule has 0 bridgehead atoms. The molecule has 0 saturated carbocycles. The smallest absolute Gasteiger partial charge is 0.185 e. The maximum atomic E-state index is 10.7. The number of rotatable bonds is 2. The fraction of sp³-hybridized carbons (Fsp3) is 0.267. The minimum atomic E-state index is 0.336. The van der Waals surface area contributed by atoms with Gasteiger partial charge < -0.3 is 9.52 Å². The lowest BCUT2D eigenvalue weighted by molar-refractivity contribution is 0.110. The second kappa shape index (κ2) is 4.33. The van der Waals surface area contributed by atoms with E-state index in [1.807, 2.05) is 12.1 Å². The van der Waals surface area contributed by atoms with Crippen molar-refractivity contribution in [3.63, 3.8) is 0 Å². The van der Waals surface area contributed by atoms with Crippen molar-refractivity contribution in [3.05, 3.63) is 41.2 Å². The number of aldehydes is 1. The monoisotopic (exact) mass is 242 g/mol. The second-order valence-corrected chi connectivity index (χ2v) is 4.62. The van der Waals surface area contributed by atoms with Gasteiger partial charge in [0.15, 0.2) is 12.0 Å². The van der Waals surface area contributed by atoms with Crippen molar-refractivity contribution in [3.8, 4) is 17.1 Å². The highest BCUT2D eigenvalue weighted by atomic mass is 16.3. The Morgan fingerprint density at radius 1 is 1.06 bits per heavy atom. The maximum Gasteiger partial charge on any atom is 0.185 e. The molecule has 18 heavy (non-hydrogen) atoms. The van der Waals surface area contributed by atoms with E-state index in [2.05, 4.69) is 0 Å². The minimum Gasteiger partial charge on any atom is -0.508 e. The predicted molar refractivity (Wildman–Crippen MR) is 67.8 cm³/mol. The third kappa shape index (κ3) is 1.72. The van der Waals surface area contributed by atoms with Crippen molar-refractivity contribution >= 4 is 6.29 Å². The van der Waals surface area contributed by atoms with Gasteiger partial charge in [0.1, 0.15) is 11.5 Å². The number of aromatic hydroxyl groups is 1. The molecule has 1 aliphatic carbocycles. The van der Waals surface area contributed by atoms with E-state index in [-0.39, 0.29) is 0 Å². The Balaban J connectivity index is 2.14. The first-order chi connectivity index (χ1) is 8.79. The molecular formula is C15H14O3. The van der Waals surface area contributed by atoms with Crippen LogP contribution in [0.3, 0.4) is 0 Å². The van der Waals surface area contributed by atoms with Crippen molar-refractivity contribution in [1.82, 2.24) is 0 Å². The lowest BCUT2D eigenvalue weighted by Crippen LogP contribution is -2.04. The molecular weight excluding hydrogens is 228 g/mol. The molecule has 0 radical (unpaired) electrons. The summed E-state index contributed by atoms with van der Waals surface area (Å²) in [6, 6.07) is 7.06. The molecule has 3 nitrogen and oxygen atoms in total. The van der Waals surface area contributed by atoms with E-state index in [0.29, 0.717) is 23.6 Å². The fourth-order valence-electron chi connectivity index (χ4n) is 2.64. The van der Waals surface area contributed by atoms with Gasteiger partial charge in [-0.05, 0) is 61.1 Å². The minimum absolute atomic E-state index is 0.336. The summed E-state index contributed by atoms with van der Waals surface area (Å²) in [4.78, 5) is 10.7. The number of fused-ring (bicyclic) bond motifs is 1. The first-order valence-electron chi connectivity index (χ1n) is 6.18. The van der Waals surface area contributed by atoms with Crippen LogP contribution in [0.25, 0.3) is 11.3 Å². The van der Waals surface area contributed by atoms with E-state index in [0.717, 1.165) is 42.4 Å². The quantitative estimate of drug-likeness (QED) is 0.821. The highest BCUT2D eigenvalue weighted by Gasteiger charge is 2.19. The van der Waals surface area contributed by atoms with Gasteiger partial charge in [-0.2, -0.15) is 0 Å². The van der Waals surface area contributed by atoms with E-state index < -0.39 is 0 Å². The Morgan fingerprint density at radius 2 is 1.83 bits per heavy atom. The SMILES string of the molecule is O=Cc1ccc(-c2ccc(O)c3c2CCCC3)o1. The summed E-state index contributed by atoms with van der Waals surface area (Å²) in [5, 5.41) is 9.89. The van der Waals surface area contributed by atoms with Crippen molar-refractivity contribution in [2.24, 2.45) is 0 Å². The third-order valence-electron chi connectivity index (χ3n) is 3.52. The van der Waals surface area contributed by atoms with Crippen molar-refractivity contribution in [1.29, 1.82) is 0 Å². The van der Waals surface area contributed by atoms with Gasteiger partial charge in [-0.15, -0.1) is 0 Å². The van der Waals surface area contributed by atoms with Gasteiger partial charge in [0.2, 0.25) is 0 Å². The van der Waals surface area contributed by atoms with Crippen molar-refractivity contribution < 1.29 is 14.3 Å². The van der Waals surface area contributed by atoms with Gasteiger partial charge in [-0.1, -0.05) is 0 Å². The Labute approximate surface area is 105 Å². The Bertz CT molecular complexity index is 596. The van der Waals surface area contributed by atoms with Crippen molar-refractivity contribution in [2.75, 3.05) is 0 Å². The molecule has 0 saturated heterocycles. The fourth-order valence-corrected chi connectivity index (χ4v) is 2.64. The number of hydrogen-bond acceptors (Lipinski definition) is 3. The van der Waals surface area contributed by atoms with Crippen LogP contribution in [-0.4, -0.2) is 11.4 Å². The van der Waals surface area contributed by atoms with Crippen LogP contribution in [0.4, 0.5) is 0 Å². The lowest BCUT2D eigenvalue weighted by Gasteiger charge is -2.19. The van der Waals surface area contributed by atoms with Crippen LogP contribution in [0.2, 0.25) is 0 Å². The molecule has 0 amide bonds. The van der Waals surface area contributed by atoms with Gasteiger partial charge in [-0.25, -0.2) is 0 Å². The number of furan rings is 1. The van der Waals surface area contributed by atoms with E-state index in [1.54, 1.807) is 12.1 Å². The first-order valence-corrected chi connectivity index (χ1v) is 6.18. The van der Waals surface area contributed by atoms with Gasteiger partial charge in [0, 0.05) is 5.56 Å². The highest BCUT2D eigenvalue weighted by Crippen LogP contribution is 2.36. The van der Waals surface area contributed by atoms with Gasteiger partial charge in [0.05, 0.1) is 0 Å². The van der Waals surface area contributed by atoms with Crippen LogP contribution in [0, 0.1) is 0 Å². The third-order valence-corrected chi connectivity index (χ3v) is 3.52. The zero-order chi connectivity index (χ0) is 12.5. The lowest BCUT2D eigenvalue weighted by atomic mass is 9.87. The largest absolute Gasteiger partial charge is 0.508 e. The summed E-state index contributed by atoms with van der Waals surface area (Å²) in [6.45, 7) is 0. The molecule has 0 atom stereocenters. The number of benzene rings is 1. The van der Waals surface area contributed by atoms with E-state index >= 15 is 0 Å². The molecule has 2 aromatic rings. The zero-order valence-corrected chi connectivity index (χ0v) is 9.98. The molecule has 1 aromatic carbocycles. The summed E-state index contributed by atoms with van der Waals surface area (Å²) in [7, 11) is 0. The maximum absolute atomic E-state index is 10.7. The van der Waals surface area contributed by atoms with Gasteiger partial charge in [0.25, 0.3) is 0 Å². The molecule has 0 fully saturated rings. The van der Waals surface area contributed by atoms with Crippen LogP contribution in [0.5, 0.6) is 5.75 Å². The van der Waals surface area contributed by atoms with Crippen LogP contribution >= 0.6 is 0 Å². The molecule has 1 aliphatic rings. The Kier molecular flexibility index (Phi) is 2.67. The molecule has 3 rings (SSSR count). The average Bonchev–Trinajstić information content (AvgIpc) is 2.88. The molecule has 3 heteroatoms. The Morgan fingerprint density at radius 3 is 2.56 bits per heavy atom. The molecule has 1 heterocycles. The molecule has 1 N–H and O–H groups in total. The molecule has 0 spiro atoms. The highest BCUT2D eigenvalue weighted by molar-refractivity contribution is 5.74. The molecule has 0 unspecified atom stereocenters. The summed E-state index contributed by atoms with van der Waals surface area (Å²) in [5.74, 6) is 1.41. The number of phenols is 1. The van der Waals surface area contributed by atoms with E-state index in [4.69, 9.17) is 4.42 Å². The number of phenolic OH excluding ortho intramolecular Hbond substituents is 1. The standard InChI is InChI=1S/C15H14O3/c16-9-10-5-8-15(18-10)13-6-7-14(17)12-4-2-1-3-11(12)13/h5-9,17H,1-4H2. The van der Waals surface area contributed by atoms with Crippen LogP contribution < -0.4 is 0 Å². The Hall–Kier alpha value is -2.03. The summed E-state index contributed by atoms with van der Waals surface area (Å²) < 4.78 is 5.48. The molecule has 92 valence electrons. The first kappa shape index (κ1) is 11.1. The van der Waals surface area contributed by atoms with Crippen LogP contribution in [-0.2, 0) is 12.8 Å². The number of carbonyl (C=O) groups is 1. The van der Waals surface area contributed by atoms with Crippen molar-refractivity contribution in [2.45, 2.75) is 25.7 Å². The van der Waals surface area contributed by atoms with Gasteiger partial charge in [-0.3, -0.25) is 4.79 Å². The number of hydrogen-bond donors (Lipinski definition) is 1. The second-order valence-electron chi connectivity index (χ2n) is 4.62. The predicted octanol–water partition coefficient (Wildman–Crippen LogP) is 3.34. The van der Waals surface area contributed by atoms with Gasteiger partial charge >= 0.3 is 0 Å². The zero-order valence-electron chi connectivity index (χ0n) is 9.98. The van der Waals surface area contributed by atoms with E-state index in [1.165, 1.54) is 0 Å². The van der Waals surface area contributed by atoms with E-state index in [9.17, 15) is 9.90 Å².